The van der Waals surface area contributed by atoms with Crippen LogP contribution in [0.1, 0.15) is 6.92 Å². The van der Waals surface area contributed by atoms with Crippen LogP contribution in [0.25, 0.3) is 0 Å². The molecule has 0 aromatic rings. The van der Waals surface area contributed by atoms with Crippen molar-refractivity contribution in [2.45, 2.75) is 13.0 Å². The highest BCUT2D eigenvalue weighted by Crippen LogP contribution is 1.90. The van der Waals surface area contributed by atoms with Gasteiger partial charge in [0.05, 0.1) is 6.61 Å². The molecular formula is C6H13NO2S. The molecule has 1 unspecified atom stereocenters. The Labute approximate surface area is 66.5 Å². The van der Waals surface area contributed by atoms with E-state index in [1.807, 2.05) is 0 Å². The molecule has 1 atom stereocenters. The molecule has 0 rings (SSSR count). The second-order valence-corrected chi connectivity index (χ2v) is 2.14. The summed E-state index contributed by atoms with van der Waals surface area (Å²) in [5.74, 6) is 0.231. The molecule has 0 amide bonds. The molecule has 10 heavy (non-hydrogen) atoms. The maximum Gasteiger partial charge on any atom is 0.323 e. The van der Waals surface area contributed by atoms with E-state index in [1.165, 1.54) is 0 Å². The quantitative estimate of drug-likeness (QED) is 0.455. The van der Waals surface area contributed by atoms with E-state index in [9.17, 15) is 4.79 Å². The third-order valence-electron chi connectivity index (χ3n) is 1.10. The number of esters is 1. The molecule has 0 heterocycles. The Morgan fingerprint density at radius 2 is 2.40 bits per heavy atom. The van der Waals surface area contributed by atoms with Gasteiger partial charge in [-0.15, -0.1) is 0 Å². The second-order valence-electron chi connectivity index (χ2n) is 1.78. The summed E-state index contributed by atoms with van der Waals surface area (Å²) in [7, 11) is 1.71. The average molecular weight is 163 g/mol. The Balaban J connectivity index is 3.65. The van der Waals surface area contributed by atoms with Crippen LogP contribution in [0.15, 0.2) is 0 Å². The Morgan fingerprint density at radius 3 is 2.70 bits per heavy atom. The first kappa shape index (κ1) is 9.78. The second kappa shape index (κ2) is 5.56. The lowest BCUT2D eigenvalue weighted by atomic mass is 10.3. The largest absolute Gasteiger partial charge is 0.465 e. The zero-order chi connectivity index (χ0) is 7.98. The molecule has 0 radical (unpaired) electrons. The predicted octanol–water partition coefficient (Wildman–Crippen LogP) is 0.0673. The molecule has 0 aliphatic rings. The van der Waals surface area contributed by atoms with Gasteiger partial charge < -0.3 is 10.1 Å². The standard InChI is InChI=1S/C6H13NO2S/c1-3-9-6(8)5(4-10)7-2/h5,7,10H,3-4H2,1-2H3. The van der Waals surface area contributed by atoms with Gasteiger partial charge in [-0.3, -0.25) is 4.79 Å². The summed E-state index contributed by atoms with van der Waals surface area (Å²) in [6, 6.07) is -0.275. The van der Waals surface area contributed by atoms with Crippen molar-refractivity contribution < 1.29 is 9.53 Å². The molecule has 0 saturated heterocycles. The lowest BCUT2D eigenvalue weighted by Crippen LogP contribution is -2.37. The summed E-state index contributed by atoms with van der Waals surface area (Å²) < 4.78 is 4.74. The van der Waals surface area contributed by atoms with Gasteiger partial charge in [0.1, 0.15) is 6.04 Å². The molecule has 0 saturated carbocycles. The summed E-state index contributed by atoms with van der Waals surface area (Å²) in [6.07, 6.45) is 0. The number of carbonyl (C=O) groups excluding carboxylic acids is 1. The third kappa shape index (κ3) is 3.08. The fraction of sp³-hybridized carbons (Fsp3) is 0.833. The van der Waals surface area contributed by atoms with E-state index in [0.29, 0.717) is 12.4 Å². The van der Waals surface area contributed by atoms with Crippen LogP contribution in [0.3, 0.4) is 0 Å². The van der Waals surface area contributed by atoms with Crippen LogP contribution in [0.5, 0.6) is 0 Å². The zero-order valence-electron chi connectivity index (χ0n) is 6.26. The number of carbonyl (C=O) groups is 1. The predicted molar refractivity (Wildman–Crippen MR) is 43.3 cm³/mol. The van der Waals surface area contributed by atoms with Crippen molar-refractivity contribution in [1.82, 2.24) is 5.32 Å². The van der Waals surface area contributed by atoms with Gasteiger partial charge in [0, 0.05) is 5.75 Å². The molecule has 0 aromatic heterocycles. The molecule has 0 fully saturated rings. The number of rotatable bonds is 4. The SMILES string of the molecule is CCOC(=O)C(CS)NC. The molecule has 4 heteroatoms. The minimum atomic E-state index is -0.275. The molecule has 0 aromatic carbocycles. The van der Waals surface area contributed by atoms with Crippen molar-refractivity contribution in [2.75, 3.05) is 19.4 Å². The van der Waals surface area contributed by atoms with Crippen LogP contribution < -0.4 is 5.32 Å². The highest BCUT2D eigenvalue weighted by molar-refractivity contribution is 7.80. The van der Waals surface area contributed by atoms with Gasteiger partial charge in [-0.1, -0.05) is 0 Å². The van der Waals surface area contributed by atoms with Crippen molar-refractivity contribution in [3.63, 3.8) is 0 Å². The Kier molecular flexibility index (Phi) is 5.43. The van der Waals surface area contributed by atoms with Crippen LogP contribution in [0, 0.1) is 0 Å². The van der Waals surface area contributed by atoms with E-state index in [0.717, 1.165) is 0 Å². The normalized spacial score (nSPS) is 12.7. The number of thiol groups is 1. The average Bonchev–Trinajstić information content (AvgIpc) is 1.91. The van der Waals surface area contributed by atoms with Crippen molar-refractivity contribution in [3.05, 3.63) is 0 Å². The highest BCUT2D eigenvalue weighted by Gasteiger charge is 2.14. The van der Waals surface area contributed by atoms with E-state index in [1.54, 1.807) is 14.0 Å². The number of nitrogens with one attached hydrogen (secondary N) is 1. The number of hydrogen-bond donors (Lipinski definition) is 2. The van der Waals surface area contributed by atoms with Crippen LogP contribution >= 0.6 is 12.6 Å². The molecule has 1 N–H and O–H groups in total. The Morgan fingerprint density at radius 1 is 1.80 bits per heavy atom. The smallest absolute Gasteiger partial charge is 0.323 e. The Hall–Kier alpha value is -0.220. The minimum absolute atomic E-state index is 0.236. The summed E-state index contributed by atoms with van der Waals surface area (Å²) in [6.45, 7) is 2.20. The van der Waals surface area contributed by atoms with Gasteiger partial charge in [0.25, 0.3) is 0 Å². The lowest BCUT2D eigenvalue weighted by Gasteiger charge is -2.10. The van der Waals surface area contributed by atoms with Crippen molar-refractivity contribution in [2.24, 2.45) is 0 Å². The van der Waals surface area contributed by atoms with Crippen LogP contribution in [-0.2, 0) is 9.53 Å². The van der Waals surface area contributed by atoms with Crippen molar-refractivity contribution in [1.29, 1.82) is 0 Å². The zero-order valence-corrected chi connectivity index (χ0v) is 7.15. The van der Waals surface area contributed by atoms with Gasteiger partial charge in [0.2, 0.25) is 0 Å². The van der Waals surface area contributed by atoms with Crippen LogP contribution in [-0.4, -0.2) is 31.4 Å². The van der Waals surface area contributed by atoms with Crippen LogP contribution in [0.4, 0.5) is 0 Å². The number of hydrogen-bond acceptors (Lipinski definition) is 4. The van der Waals surface area contributed by atoms with Crippen molar-refractivity contribution in [3.8, 4) is 0 Å². The molecule has 0 aliphatic carbocycles. The van der Waals surface area contributed by atoms with E-state index >= 15 is 0 Å². The molecule has 0 bridgehead atoms. The number of likely N-dealkylation sites (N-methyl/N-ethyl adjacent to an activating group) is 1. The van der Waals surface area contributed by atoms with Gasteiger partial charge in [0.15, 0.2) is 0 Å². The van der Waals surface area contributed by atoms with Crippen molar-refractivity contribution >= 4 is 18.6 Å². The fourth-order valence-electron chi connectivity index (χ4n) is 0.527. The van der Waals surface area contributed by atoms with Gasteiger partial charge in [-0.25, -0.2) is 0 Å². The first-order valence-corrected chi connectivity index (χ1v) is 3.84. The van der Waals surface area contributed by atoms with E-state index in [2.05, 4.69) is 17.9 Å². The fourth-order valence-corrected chi connectivity index (χ4v) is 0.858. The summed E-state index contributed by atoms with van der Waals surface area (Å²) >= 11 is 3.96. The minimum Gasteiger partial charge on any atom is -0.465 e. The molecule has 0 aliphatic heterocycles. The highest BCUT2D eigenvalue weighted by atomic mass is 32.1. The summed E-state index contributed by atoms with van der Waals surface area (Å²) in [5.41, 5.74) is 0. The maximum atomic E-state index is 10.9. The van der Waals surface area contributed by atoms with E-state index in [-0.39, 0.29) is 12.0 Å². The van der Waals surface area contributed by atoms with Gasteiger partial charge >= 0.3 is 5.97 Å². The molecule has 3 nitrogen and oxygen atoms in total. The molecule has 60 valence electrons. The maximum absolute atomic E-state index is 10.9. The Bertz CT molecular complexity index is 104. The third-order valence-corrected chi connectivity index (χ3v) is 1.47. The van der Waals surface area contributed by atoms with Gasteiger partial charge in [-0.2, -0.15) is 12.6 Å². The van der Waals surface area contributed by atoms with E-state index < -0.39 is 0 Å². The summed E-state index contributed by atoms with van der Waals surface area (Å²) in [4.78, 5) is 10.9. The molecular weight excluding hydrogens is 150 g/mol. The topological polar surface area (TPSA) is 38.3 Å². The van der Waals surface area contributed by atoms with Crippen LogP contribution in [0.2, 0.25) is 0 Å². The first-order valence-electron chi connectivity index (χ1n) is 3.21. The molecule has 0 spiro atoms. The van der Waals surface area contributed by atoms with Gasteiger partial charge in [-0.05, 0) is 14.0 Å². The number of ether oxygens (including phenoxy) is 1. The van der Waals surface area contributed by atoms with E-state index in [4.69, 9.17) is 4.74 Å². The monoisotopic (exact) mass is 163 g/mol. The first-order chi connectivity index (χ1) is 4.76. The lowest BCUT2D eigenvalue weighted by molar-refractivity contribution is -0.144. The summed E-state index contributed by atoms with van der Waals surface area (Å²) in [5, 5.41) is 2.79.